The lowest BCUT2D eigenvalue weighted by molar-refractivity contribution is 0.113. The molecule has 20 heavy (non-hydrogen) atoms. The zero-order valence-electron chi connectivity index (χ0n) is 13.7. The van der Waals surface area contributed by atoms with Gasteiger partial charge in [0.25, 0.3) is 0 Å². The van der Waals surface area contributed by atoms with Crippen LogP contribution in [0.1, 0.15) is 90.4 Å². The highest BCUT2D eigenvalue weighted by atomic mass is 16.6. The Kier molecular flexibility index (Phi) is 12.5. The zero-order chi connectivity index (χ0) is 14.3. The van der Waals surface area contributed by atoms with Crippen molar-refractivity contribution in [1.29, 1.82) is 0 Å². The van der Waals surface area contributed by atoms with Gasteiger partial charge in [0.15, 0.2) is 0 Å². The van der Waals surface area contributed by atoms with Crippen LogP contribution in [0.25, 0.3) is 0 Å². The molecular weight excluding hydrogens is 248 g/mol. The highest BCUT2D eigenvalue weighted by molar-refractivity contribution is 4.66. The summed E-state index contributed by atoms with van der Waals surface area (Å²) < 4.78 is 10.6. The normalized spacial score (nSPS) is 17.6. The van der Waals surface area contributed by atoms with Crippen LogP contribution < -0.4 is 0 Å². The second-order valence-corrected chi connectivity index (χ2v) is 6.27. The summed E-state index contributed by atoms with van der Waals surface area (Å²) in [5.41, 5.74) is 0. The van der Waals surface area contributed by atoms with Crippen LogP contribution in [0.5, 0.6) is 0 Å². The van der Waals surface area contributed by atoms with Gasteiger partial charge in [0.1, 0.15) is 6.10 Å². The number of hydrogen-bond acceptors (Lipinski definition) is 2. The Morgan fingerprint density at radius 2 is 1.20 bits per heavy atom. The third-order valence-electron chi connectivity index (χ3n) is 4.10. The van der Waals surface area contributed by atoms with Gasteiger partial charge in [-0.2, -0.15) is 0 Å². The minimum atomic E-state index is 0.428. The fourth-order valence-electron chi connectivity index (χ4n) is 2.60. The quantitative estimate of drug-likeness (QED) is 0.276. The van der Waals surface area contributed by atoms with E-state index < -0.39 is 0 Å². The molecule has 1 heterocycles. The molecule has 0 aliphatic carbocycles. The largest absolute Gasteiger partial charge is 0.379 e. The number of rotatable bonds is 16. The summed E-state index contributed by atoms with van der Waals surface area (Å²) in [4.78, 5) is 0. The maximum atomic E-state index is 5.53. The zero-order valence-corrected chi connectivity index (χ0v) is 13.7. The summed E-state index contributed by atoms with van der Waals surface area (Å²) in [6.07, 6.45) is 18.8. The minimum absolute atomic E-state index is 0.428. The van der Waals surface area contributed by atoms with Crippen LogP contribution in [-0.2, 0) is 9.47 Å². The predicted molar refractivity (Wildman–Crippen MR) is 86.3 cm³/mol. The summed E-state index contributed by atoms with van der Waals surface area (Å²) >= 11 is 0. The average Bonchev–Trinajstić information content (AvgIpc) is 3.27. The van der Waals surface area contributed by atoms with E-state index in [1.54, 1.807) is 0 Å². The van der Waals surface area contributed by atoms with E-state index in [9.17, 15) is 0 Å². The van der Waals surface area contributed by atoms with Gasteiger partial charge >= 0.3 is 0 Å². The average molecular weight is 284 g/mol. The topological polar surface area (TPSA) is 21.8 Å². The second-order valence-electron chi connectivity index (χ2n) is 6.27. The fraction of sp³-hybridized carbons (Fsp3) is 1.00. The standard InChI is InChI=1S/C18H36O2/c1-2-3-4-5-6-7-8-9-10-11-12-13-14-15-19-16-18-17-20-18/h18H,2-17H2,1H3. The molecule has 0 aromatic rings. The van der Waals surface area contributed by atoms with Crippen LogP contribution in [-0.4, -0.2) is 25.9 Å². The van der Waals surface area contributed by atoms with Gasteiger partial charge in [-0.1, -0.05) is 84.0 Å². The Morgan fingerprint density at radius 3 is 1.65 bits per heavy atom. The van der Waals surface area contributed by atoms with Crippen molar-refractivity contribution in [3.63, 3.8) is 0 Å². The van der Waals surface area contributed by atoms with E-state index in [4.69, 9.17) is 9.47 Å². The van der Waals surface area contributed by atoms with E-state index in [0.717, 1.165) is 19.8 Å². The lowest BCUT2D eigenvalue weighted by atomic mass is 10.0. The van der Waals surface area contributed by atoms with Gasteiger partial charge in [-0.05, 0) is 6.42 Å². The molecule has 0 radical (unpaired) electrons. The van der Waals surface area contributed by atoms with E-state index in [1.165, 1.54) is 83.5 Å². The molecule has 1 aliphatic rings. The van der Waals surface area contributed by atoms with E-state index >= 15 is 0 Å². The van der Waals surface area contributed by atoms with Crippen LogP contribution in [0.3, 0.4) is 0 Å². The van der Waals surface area contributed by atoms with E-state index in [-0.39, 0.29) is 0 Å². The van der Waals surface area contributed by atoms with Gasteiger partial charge in [-0.3, -0.25) is 0 Å². The van der Waals surface area contributed by atoms with Crippen molar-refractivity contribution >= 4 is 0 Å². The first-order chi connectivity index (χ1) is 9.93. The second kappa shape index (κ2) is 13.9. The molecule has 0 N–H and O–H groups in total. The minimum Gasteiger partial charge on any atom is -0.379 e. The van der Waals surface area contributed by atoms with Crippen molar-refractivity contribution in [2.75, 3.05) is 19.8 Å². The van der Waals surface area contributed by atoms with Crippen molar-refractivity contribution in [1.82, 2.24) is 0 Å². The van der Waals surface area contributed by atoms with Gasteiger partial charge in [-0.25, -0.2) is 0 Å². The molecule has 2 heteroatoms. The van der Waals surface area contributed by atoms with Gasteiger partial charge in [0, 0.05) is 6.61 Å². The molecule has 1 atom stereocenters. The summed E-state index contributed by atoms with van der Waals surface area (Å²) in [7, 11) is 0. The molecule has 0 aromatic carbocycles. The highest BCUT2D eigenvalue weighted by Gasteiger charge is 2.21. The van der Waals surface area contributed by atoms with Crippen molar-refractivity contribution in [2.24, 2.45) is 0 Å². The highest BCUT2D eigenvalue weighted by Crippen LogP contribution is 2.13. The molecule has 1 fully saturated rings. The molecule has 0 bridgehead atoms. The molecular formula is C18H36O2. The Morgan fingerprint density at radius 1 is 0.750 bits per heavy atom. The van der Waals surface area contributed by atoms with Crippen LogP contribution in [0.15, 0.2) is 0 Å². The van der Waals surface area contributed by atoms with E-state index in [0.29, 0.717) is 6.10 Å². The van der Waals surface area contributed by atoms with E-state index in [2.05, 4.69) is 6.92 Å². The molecule has 0 spiro atoms. The maximum absolute atomic E-state index is 5.53. The van der Waals surface area contributed by atoms with Crippen molar-refractivity contribution in [3.05, 3.63) is 0 Å². The van der Waals surface area contributed by atoms with E-state index in [1.807, 2.05) is 0 Å². The Bertz CT molecular complexity index is 190. The molecule has 2 nitrogen and oxygen atoms in total. The molecule has 120 valence electrons. The predicted octanol–water partition coefficient (Wildman–Crippen LogP) is 5.49. The molecule has 1 saturated heterocycles. The molecule has 0 amide bonds. The molecule has 0 aromatic heterocycles. The van der Waals surface area contributed by atoms with Crippen molar-refractivity contribution in [2.45, 2.75) is 96.5 Å². The molecule has 0 saturated carbocycles. The molecule has 1 rings (SSSR count). The Labute approximate surface area is 126 Å². The first-order valence-corrected chi connectivity index (χ1v) is 9.13. The summed E-state index contributed by atoms with van der Waals surface area (Å²) in [5.74, 6) is 0. The van der Waals surface area contributed by atoms with Crippen LogP contribution in [0, 0.1) is 0 Å². The van der Waals surface area contributed by atoms with Crippen LogP contribution >= 0.6 is 0 Å². The third-order valence-corrected chi connectivity index (χ3v) is 4.10. The van der Waals surface area contributed by atoms with Gasteiger partial charge in [-0.15, -0.1) is 0 Å². The third kappa shape index (κ3) is 12.9. The Balaban J connectivity index is 1.60. The number of unbranched alkanes of at least 4 members (excludes halogenated alkanes) is 12. The molecule has 1 aliphatic heterocycles. The maximum Gasteiger partial charge on any atom is 0.104 e. The molecule has 1 unspecified atom stereocenters. The lowest BCUT2D eigenvalue weighted by Crippen LogP contribution is -2.02. The van der Waals surface area contributed by atoms with Gasteiger partial charge in [0.2, 0.25) is 0 Å². The number of hydrogen-bond donors (Lipinski definition) is 0. The fourth-order valence-corrected chi connectivity index (χ4v) is 2.60. The van der Waals surface area contributed by atoms with Gasteiger partial charge in [0.05, 0.1) is 13.2 Å². The first kappa shape index (κ1) is 18.0. The van der Waals surface area contributed by atoms with Crippen molar-refractivity contribution < 1.29 is 9.47 Å². The Hall–Kier alpha value is -0.0800. The summed E-state index contributed by atoms with van der Waals surface area (Å²) in [6.45, 7) is 4.95. The monoisotopic (exact) mass is 284 g/mol. The van der Waals surface area contributed by atoms with Crippen molar-refractivity contribution in [3.8, 4) is 0 Å². The lowest BCUT2D eigenvalue weighted by Gasteiger charge is -2.03. The summed E-state index contributed by atoms with van der Waals surface area (Å²) in [5, 5.41) is 0. The smallest absolute Gasteiger partial charge is 0.104 e. The van der Waals surface area contributed by atoms with Gasteiger partial charge < -0.3 is 9.47 Å². The number of epoxide rings is 1. The first-order valence-electron chi connectivity index (χ1n) is 9.13. The summed E-state index contributed by atoms with van der Waals surface area (Å²) in [6, 6.07) is 0. The van der Waals surface area contributed by atoms with Crippen LogP contribution in [0.2, 0.25) is 0 Å². The van der Waals surface area contributed by atoms with Crippen LogP contribution in [0.4, 0.5) is 0 Å². The SMILES string of the molecule is CCCCCCCCCCCCCCCOCC1CO1. The number of ether oxygens (including phenoxy) is 2.